The summed E-state index contributed by atoms with van der Waals surface area (Å²) in [5.74, 6) is -0.323. The summed E-state index contributed by atoms with van der Waals surface area (Å²) in [5, 5.41) is 6.38. The summed E-state index contributed by atoms with van der Waals surface area (Å²) in [7, 11) is 5.30. The van der Waals surface area contributed by atoms with Crippen LogP contribution in [0.5, 0.6) is 0 Å². The maximum Gasteiger partial charge on any atom is 0.343 e. The molecule has 1 aromatic rings. The molecule has 0 unspecified atom stereocenters. The number of nitrogens with zero attached hydrogens (tertiary/aromatic N) is 3. The molecule has 0 saturated carbocycles. The molecule has 0 fully saturated rings. The highest BCUT2D eigenvalue weighted by molar-refractivity contribution is 5.90. The molecule has 0 atom stereocenters. The van der Waals surface area contributed by atoms with Crippen LogP contribution in [-0.2, 0) is 7.05 Å². The fourth-order valence-electron chi connectivity index (χ4n) is 0.982. The number of aromatic amines is 1. The summed E-state index contributed by atoms with van der Waals surface area (Å²) in [4.78, 5) is 26.7. The van der Waals surface area contributed by atoms with Crippen LogP contribution in [0.4, 0.5) is 0 Å². The van der Waals surface area contributed by atoms with Crippen molar-refractivity contribution in [3.05, 3.63) is 16.3 Å². The Kier molecular flexibility index (Phi) is 3.62. The molecule has 7 nitrogen and oxygen atoms in total. The molecule has 84 valence electrons. The first-order chi connectivity index (χ1) is 7.00. The van der Waals surface area contributed by atoms with Crippen molar-refractivity contribution in [3.63, 3.8) is 0 Å². The summed E-state index contributed by atoms with van der Waals surface area (Å²) in [6.07, 6.45) is 0. The van der Waals surface area contributed by atoms with Gasteiger partial charge < -0.3 is 10.2 Å². The van der Waals surface area contributed by atoms with Crippen LogP contribution in [0.25, 0.3) is 0 Å². The van der Waals surface area contributed by atoms with Gasteiger partial charge in [0.2, 0.25) is 5.82 Å². The molecule has 0 radical (unpaired) electrons. The zero-order valence-corrected chi connectivity index (χ0v) is 9.07. The third-order valence-corrected chi connectivity index (χ3v) is 1.83. The second-order valence-electron chi connectivity index (χ2n) is 3.46. The Hall–Kier alpha value is -1.63. The molecule has 1 rings (SSSR count). The lowest BCUT2D eigenvalue weighted by molar-refractivity contribution is 0.0940. The minimum atomic E-state index is -0.396. The van der Waals surface area contributed by atoms with Crippen molar-refractivity contribution in [2.75, 3.05) is 27.2 Å². The van der Waals surface area contributed by atoms with Crippen LogP contribution in [0.1, 0.15) is 10.6 Å². The molecule has 0 saturated heterocycles. The van der Waals surface area contributed by atoms with E-state index in [4.69, 9.17) is 0 Å². The van der Waals surface area contributed by atoms with Crippen LogP contribution in [0, 0.1) is 0 Å². The van der Waals surface area contributed by atoms with E-state index >= 15 is 0 Å². The fraction of sp³-hybridized carbons (Fsp3) is 0.625. The first kappa shape index (κ1) is 11.4. The predicted octanol–water partition coefficient (Wildman–Crippen LogP) is -1.60. The molecule has 1 amide bonds. The summed E-state index contributed by atoms with van der Waals surface area (Å²) in [6, 6.07) is 0. The Balaban J connectivity index is 2.51. The van der Waals surface area contributed by atoms with Crippen LogP contribution in [0.15, 0.2) is 4.79 Å². The predicted molar refractivity (Wildman–Crippen MR) is 54.7 cm³/mol. The van der Waals surface area contributed by atoms with E-state index in [-0.39, 0.29) is 11.7 Å². The first-order valence-corrected chi connectivity index (χ1v) is 4.57. The third-order valence-electron chi connectivity index (χ3n) is 1.83. The number of likely N-dealkylation sites (N-methyl/N-ethyl adjacent to an activating group) is 1. The van der Waals surface area contributed by atoms with Gasteiger partial charge in [-0.1, -0.05) is 0 Å². The van der Waals surface area contributed by atoms with Gasteiger partial charge in [0.15, 0.2) is 0 Å². The number of hydrogen-bond donors (Lipinski definition) is 2. The SMILES string of the molecule is CN(C)CCNC(=O)c1nn(C)c(=O)[nH]1. The number of carbonyl (C=O) groups excluding carboxylic acids is 1. The molecule has 0 spiro atoms. The Morgan fingerprint density at radius 1 is 1.60 bits per heavy atom. The van der Waals surface area contributed by atoms with Gasteiger partial charge in [-0.3, -0.25) is 9.78 Å². The molecular formula is C8H15N5O2. The van der Waals surface area contributed by atoms with Gasteiger partial charge in [0, 0.05) is 20.1 Å². The van der Waals surface area contributed by atoms with Crippen LogP contribution in [0.2, 0.25) is 0 Å². The van der Waals surface area contributed by atoms with Gasteiger partial charge in [0.05, 0.1) is 0 Å². The Bertz CT molecular complexity index is 392. The molecule has 0 bridgehead atoms. The largest absolute Gasteiger partial charge is 0.348 e. The molecule has 1 aromatic heterocycles. The number of aromatic nitrogens is 3. The molecule has 0 aliphatic heterocycles. The number of rotatable bonds is 4. The number of amides is 1. The van der Waals surface area contributed by atoms with E-state index < -0.39 is 5.69 Å². The lowest BCUT2D eigenvalue weighted by Crippen LogP contribution is -2.32. The zero-order valence-electron chi connectivity index (χ0n) is 9.07. The van der Waals surface area contributed by atoms with Crippen molar-refractivity contribution in [1.29, 1.82) is 0 Å². The highest BCUT2D eigenvalue weighted by Crippen LogP contribution is 1.83. The van der Waals surface area contributed by atoms with E-state index in [1.54, 1.807) is 0 Å². The minimum absolute atomic E-state index is 0.0428. The van der Waals surface area contributed by atoms with Crippen LogP contribution in [-0.4, -0.2) is 52.8 Å². The Morgan fingerprint density at radius 2 is 2.27 bits per heavy atom. The summed E-state index contributed by atoms with van der Waals surface area (Å²) < 4.78 is 1.08. The van der Waals surface area contributed by atoms with Gasteiger partial charge in [-0.25, -0.2) is 9.48 Å². The number of carbonyl (C=O) groups is 1. The van der Waals surface area contributed by atoms with Crippen molar-refractivity contribution < 1.29 is 4.79 Å². The second kappa shape index (κ2) is 4.74. The molecular weight excluding hydrogens is 198 g/mol. The van der Waals surface area contributed by atoms with E-state index in [1.165, 1.54) is 7.05 Å². The van der Waals surface area contributed by atoms with E-state index in [0.29, 0.717) is 6.54 Å². The number of aryl methyl sites for hydroxylation is 1. The van der Waals surface area contributed by atoms with Crippen molar-refractivity contribution >= 4 is 5.91 Å². The average molecular weight is 213 g/mol. The maximum absolute atomic E-state index is 11.4. The monoisotopic (exact) mass is 213 g/mol. The number of H-pyrrole nitrogens is 1. The van der Waals surface area contributed by atoms with Gasteiger partial charge in [-0.2, -0.15) is 0 Å². The van der Waals surface area contributed by atoms with E-state index in [2.05, 4.69) is 15.4 Å². The fourth-order valence-corrected chi connectivity index (χ4v) is 0.982. The van der Waals surface area contributed by atoms with Gasteiger partial charge in [0.25, 0.3) is 5.91 Å². The number of hydrogen-bond acceptors (Lipinski definition) is 4. The summed E-state index contributed by atoms with van der Waals surface area (Å²) in [6.45, 7) is 1.26. The molecule has 0 aliphatic rings. The lowest BCUT2D eigenvalue weighted by atomic mass is 10.5. The molecule has 7 heteroatoms. The molecule has 0 aliphatic carbocycles. The van der Waals surface area contributed by atoms with Crippen molar-refractivity contribution in [3.8, 4) is 0 Å². The summed E-state index contributed by atoms with van der Waals surface area (Å²) >= 11 is 0. The first-order valence-electron chi connectivity index (χ1n) is 4.57. The van der Waals surface area contributed by atoms with Crippen molar-refractivity contribution in [1.82, 2.24) is 25.0 Å². The molecule has 2 N–H and O–H groups in total. The molecule has 15 heavy (non-hydrogen) atoms. The zero-order chi connectivity index (χ0) is 11.4. The molecule has 1 heterocycles. The van der Waals surface area contributed by atoms with E-state index in [1.807, 2.05) is 19.0 Å². The second-order valence-corrected chi connectivity index (χ2v) is 3.46. The van der Waals surface area contributed by atoms with Gasteiger partial charge in [-0.05, 0) is 14.1 Å². The smallest absolute Gasteiger partial charge is 0.343 e. The quantitative estimate of drug-likeness (QED) is 0.631. The third kappa shape index (κ3) is 3.21. The summed E-state index contributed by atoms with van der Waals surface area (Å²) in [5.41, 5.74) is -0.396. The number of nitrogens with one attached hydrogen (secondary N) is 2. The van der Waals surface area contributed by atoms with Crippen LogP contribution < -0.4 is 11.0 Å². The van der Waals surface area contributed by atoms with Gasteiger partial charge in [-0.15, -0.1) is 5.10 Å². The average Bonchev–Trinajstić information content (AvgIpc) is 2.46. The minimum Gasteiger partial charge on any atom is -0.348 e. The molecule has 0 aromatic carbocycles. The standard InChI is InChI=1S/C8H15N5O2/c1-12(2)5-4-9-7(14)6-10-8(15)13(3)11-6/h4-5H2,1-3H3,(H,9,14)(H,10,11,15). The van der Waals surface area contributed by atoms with Crippen molar-refractivity contribution in [2.45, 2.75) is 0 Å². The Labute approximate surface area is 87.1 Å². The Morgan fingerprint density at radius 3 is 2.73 bits per heavy atom. The maximum atomic E-state index is 11.4. The van der Waals surface area contributed by atoms with Gasteiger partial charge in [0.1, 0.15) is 0 Å². The lowest BCUT2D eigenvalue weighted by Gasteiger charge is -2.08. The normalized spacial score (nSPS) is 10.7. The van der Waals surface area contributed by atoms with E-state index in [0.717, 1.165) is 11.2 Å². The van der Waals surface area contributed by atoms with Crippen LogP contribution >= 0.6 is 0 Å². The highest BCUT2D eigenvalue weighted by atomic mass is 16.2. The van der Waals surface area contributed by atoms with E-state index in [9.17, 15) is 9.59 Å². The van der Waals surface area contributed by atoms with Crippen LogP contribution in [0.3, 0.4) is 0 Å². The van der Waals surface area contributed by atoms with Crippen molar-refractivity contribution in [2.24, 2.45) is 7.05 Å². The topological polar surface area (TPSA) is 83.0 Å². The highest BCUT2D eigenvalue weighted by Gasteiger charge is 2.10. The van der Waals surface area contributed by atoms with Gasteiger partial charge >= 0.3 is 5.69 Å².